The first-order valence-electron chi connectivity index (χ1n) is 20.2. The van der Waals surface area contributed by atoms with E-state index in [0.717, 1.165) is 49.5 Å². The first-order chi connectivity index (χ1) is 26.8. The van der Waals surface area contributed by atoms with E-state index >= 15 is 0 Å². The molecule has 302 valence electrons. The maximum atomic E-state index is 14.7. The van der Waals surface area contributed by atoms with Crippen molar-refractivity contribution in [3.63, 3.8) is 0 Å². The van der Waals surface area contributed by atoms with Crippen LogP contribution in [0.2, 0.25) is 0 Å². The van der Waals surface area contributed by atoms with Gasteiger partial charge in [0.05, 0.1) is 35.4 Å². The molecular weight excluding hydrogens is 739 g/mol. The summed E-state index contributed by atoms with van der Waals surface area (Å²) in [6, 6.07) is 3.34. The second-order valence-corrected chi connectivity index (χ2v) is 19.1. The van der Waals surface area contributed by atoms with Gasteiger partial charge in [0.2, 0.25) is 27.7 Å². The summed E-state index contributed by atoms with van der Waals surface area (Å²) in [4.78, 5) is 64.5. The fourth-order valence-corrected chi connectivity index (χ4v) is 9.65. The van der Waals surface area contributed by atoms with Crippen LogP contribution < -0.4 is 24.2 Å². The average molecular weight is 792 g/mol. The van der Waals surface area contributed by atoms with Crippen LogP contribution in [0.25, 0.3) is 10.9 Å². The number of ether oxygens (including phenoxy) is 3. The van der Waals surface area contributed by atoms with E-state index < -0.39 is 44.3 Å². The third-order valence-corrected chi connectivity index (χ3v) is 14.9. The van der Waals surface area contributed by atoms with Gasteiger partial charge in [0, 0.05) is 42.9 Å². The van der Waals surface area contributed by atoms with Crippen LogP contribution in [0, 0.1) is 18.3 Å². The number of benzene rings is 1. The van der Waals surface area contributed by atoms with Crippen LogP contribution in [0.1, 0.15) is 96.0 Å². The molecule has 1 aromatic carbocycles. The summed E-state index contributed by atoms with van der Waals surface area (Å²) < 4.78 is 46.2. The van der Waals surface area contributed by atoms with E-state index in [-0.39, 0.29) is 49.1 Å². The van der Waals surface area contributed by atoms with E-state index in [4.69, 9.17) is 19.2 Å². The molecule has 56 heavy (non-hydrogen) atoms. The number of amides is 4. The molecule has 3 aliphatic heterocycles. The molecule has 0 bridgehead atoms. The van der Waals surface area contributed by atoms with Gasteiger partial charge in [0.1, 0.15) is 29.7 Å². The minimum Gasteiger partial charge on any atom is -0.496 e. The number of urea groups is 1. The monoisotopic (exact) mass is 791 g/mol. The van der Waals surface area contributed by atoms with Crippen molar-refractivity contribution in [2.75, 3.05) is 26.7 Å². The Bertz CT molecular complexity index is 2060. The van der Waals surface area contributed by atoms with Gasteiger partial charge in [0.15, 0.2) is 5.78 Å². The number of methoxy groups -OCH3 is 1. The minimum atomic E-state index is -3.94. The highest BCUT2D eigenvalue weighted by Gasteiger charge is 2.62. The standard InChI is InChI=1S/C41H53N5O9S/c1-25-33(53-3)15-14-29-34(21-35(43-36(25)29)55-27-12-13-27)54-28-20-31-32(47)23-41(38(49)44-56(51,52)40(2)16-17-40)22-26(41)10-7-5-4-6-8-11-30(37(48)46(31)24-28)42-39(50)45-18-9-19-45/h7,10,14-15,21,26-28,30-31H,4-6,8-9,11-13,16-20,22-24H2,1-3H3,(H,42,50)(H,44,49)/b10-7-/t26-,28-,30+,31+,41-/m1/s1. The zero-order valence-electron chi connectivity index (χ0n) is 32.5. The van der Waals surface area contributed by atoms with Crippen LogP contribution in [0.15, 0.2) is 30.4 Å². The van der Waals surface area contributed by atoms with Crippen LogP contribution in [0.3, 0.4) is 0 Å². The average Bonchev–Trinajstić information content (AvgIpc) is 4.09. The van der Waals surface area contributed by atoms with Gasteiger partial charge in [0.25, 0.3) is 0 Å². The molecule has 6 aliphatic rings. The molecule has 2 N–H and O–H groups in total. The molecule has 8 rings (SSSR count). The number of pyridine rings is 1. The van der Waals surface area contributed by atoms with Crippen molar-refractivity contribution in [1.82, 2.24) is 24.8 Å². The van der Waals surface area contributed by atoms with Crippen molar-refractivity contribution in [2.45, 2.75) is 126 Å². The molecule has 4 heterocycles. The highest BCUT2D eigenvalue weighted by molar-refractivity contribution is 7.91. The number of aryl methyl sites for hydroxylation is 1. The van der Waals surface area contributed by atoms with Crippen LogP contribution in [0.4, 0.5) is 4.79 Å². The number of ketones is 1. The Morgan fingerprint density at radius 2 is 1.77 bits per heavy atom. The number of fused-ring (bicyclic) bond motifs is 3. The minimum absolute atomic E-state index is 0.0678. The molecule has 3 aliphatic carbocycles. The van der Waals surface area contributed by atoms with E-state index in [9.17, 15) is 27.6 Å². The number of Topliss-reactive ketones (excluding diaryl/α,β-unsaturated/α-hetero) is 1. The summed E-state index contributed by atoms with van der Waals surface area (Å²) in [6.07, 6.45) is 10.9. The Balaban J connectivity index is 1.11. The molecule has 0 unspecified atom stereocenters. The van der Waals surface area contributed by atoms with Crippen molar-refractivity contribution in [2.24, 2.45) is 11.3 Å². The number of hydrogen-bond donors (Lipinski definition) is 2. The SMILES string of the molecule is COc1ccc2c(O[C@@H]3C[C@H]4C(=O)C[C@]5(C(=O)NS(=O)(=O)C6(C)CC6)C[C@H]5/C=C\CCCCC[C@H](NC(=O)N5CCC5)C(=O)N4C3)cc(OC3CC3)nc2c1C. The molecule has 2 aromatic rings. The number of sulfonamides is 1. The Morgan fingerprint density at radius 1 is 0.982 bits per heavy atom. The number of nitrogens with zero attached hydrogens (tertiary/aromatic N) is 3. The van der Waals surface area contributed by atoms with Gasteiger partial charge in [-0.1, -0.05) is 25.0 Å². The second-order valence-electron chi connectivity index (χ2n) is 17.0. The third-order valence-electron chi connectivity index (χ3n) is 12.7. The number of carbonyl (C=O) groups is 4. The lowest BCUT2D eigenvalue weighted by Gasteiger charge is -2.34. The highest BCUT2D eigenvalue weighted by Crippen LogP contribution is 2.57. The van der Waals surface area contributed by atoms with E-state index in [1.807, 2.05) is 31.2 Å². The Kier molecular flexibility index (Phi) is 10.2. The van der Waals surface area contributed by atoms with Crippen molar-refractivity contribution in [1.29, 1.82) is 0 Å². The summed E-state index contributed by atoms with van der Waals surface area (Å²) in [6.45, 7) is 4.85. The normalized spacial score (nSPS) is 29.5. The Labute approximate surface area is 328 Å². The van der Waals surface area contributed by atoms with Gasteiger partial charge in [-0.15, -0.1) is 0 Å². The van der Waals surface area contributed by atoms with Crippen LogP contribution >= 0.6 is 0 Å². The van der Waals surface area contributed by atoms with Crippen LogP contribution in [0.5, 0.6) is 17.4 Å². The Morgan fingerprint density at radius 3 is 2.46 bits per heavy atom. The van der Waals surface area contributed by atoms with Gasteiger partial charge >= 0.3 is 6.03 Å². The molecule has 0 spiro atoms. The van der Waals surface area contributed by atoms with Crippen molar-refractivity contribution in [3.8, 4) is 17.4 Å². The van der Waals surface area contributed by atoms with E-state index in [0.29, 0.717) is 68.1 Å². The van der Waals surface area contributed by atoms with Gasteiger partial charge in [-0.2, -0.15) is 0 Å². The predicted molar refractivity (Wildman–Crippen MR) is 207 cm³/mol. The predicted octanol–water partition coefficient (Wildman–Crippen LogP) is 4.71. The molecule has 5 fully saturated rings. The number of allylic oxidation sites excluding steroid dienone is 2. The zero-order valence-corrected chi connectivity index (χ0v) is 33.3. The summed E-state index contributed by atoms with van der Waals surface area (Å²) in [5.41, 5.74) is 0.218. The van der Waals surface area contributed by atoms with E-state index in [2.05, 4.69) is 10.0 Å². The summed E-state index contributed by atoms with van der Waals surface area (Å²) in [5.74, 6) is -0.120. The maximum Gasteiger partial charge on any atom is 0.318 e. The lowest BCUT2D eigenvalue weighted by molar-refractivity contribution is -0.140. The number of nitrogens with one attached hydrogen (secondary N) is 2. The number of likely N-dealkylation sites (tertiary alicyclic amines) is 1. The van der Waals surface area contributed by atoms with Crippen LogP contribution in [-0.4, -0.2) is 103 Å². The lowest BCUT2D eigenvalue weighted by atomic mass is 9.91. The lowest BCUT2D eigenvalue weighted by Crippen LogP contribution is -2.56. The first kappa shape index (κ1) is 38.5. The molecule has 14 nitrogen and oxygen atoms in total. The zero-order chi connectivity index (χ0) is 39.4. The van der Waals surface area contributed by atoms with Gasteiger partial charge in [-0.25, -0.2) is 18.2 Å². The molecule has 4 amide bonds. The maximum absolute atomic E-state index is 14.7. The summed E-state index contributed by atoms with van der Waals surface area (Å²) in [7, 11) is -2.34. The van der Waals surface area contributed by atoms with Crippen molar-refractivity contribution >= 4 is 44.6 Å². The molecular formula is C41H53N5O9S. The van der Waals surface area contributed by atoms with E-state index in [1.165, 1.54) is 4.90 Å². The molecule has 2 saturated heterocycles. The van der Waals surface area contributed by atoms with Gasteiger partial charge < -0.3 is 29.3 Å². The second kappa shape index (κ2) is 14.8. The fraction of sp³-hybridized carbons (Fsp3) is 0.634. The quantitative estimate of drug-likeness (QED) is 0.339. The molecule has 15 heteroatoms. The van der Waals surface area contributed by atoms with Gasteiger partial charge in [-0.3, -0.25) is 19.1 Å². The molecule has 3 saturated carbocycles. The summed E-state index contributed by atoms with van der Waals surface area (Å²) >= 11 is 0. The molecule has 0 radical (unpaired) electrons. The number of carbonyl (C=O) groups excluding carboxylic acids is 4. The van der Waals surface area contributed by atoms with Crippen molar-refractivity contribution in [3.05, 3.63) is 35.9 Å². The fourth-order valence-electron chi connectivity index (χ4n) is 8.32. The number of aromatic nitrogens is 1. The van der Waals surface area contributed by atoms with Gasteiger partial charge in [-0.05, 0) is 89.7 Å². The summed E-state index contributed by atoms with van der Waals surface area (Å²) in [5, 5.41) is 3.70. The molecule has 1 aromatic heterocycles. The first-order valence-corrected chi connectivity index (χ1v) is 21.7. The number of hydrogen-bond acceptors (Lipinski definition) is 10. The van der Waals surface area contributed by atoms with E-state index in [1.54, 1.807) is 25.0 Å². The topological polar surface area (TPSA) is 174 Å². The Hall–Kier alpha value is -4.40. The highest BCUT2D eigenvalue weighted by atomic mass is 32.2. The van der Waals surface area contributed by atoms with Crippen molar-refractivity contribution < 1.29 is 41.8 Å². The molecule has 5 atom stereocenters. The number of rotatable bonds is 9. The largest absolute Gasteiger partial charge is 0.496 e. The van der Waals surface area contributed by atoms with Crippen LogP contribution in [-0.2, 0) is 24.4 Å². The smallest absolute Gasteiger partial charge is 0.318 e. The third kappa shape index (κ3) is 7.55.